The minimum atomic E-state index is -0.715. The molecule has 0 bridgehead atoms. The third-order valence-electron chi connectivity index (χ3n) is 3.20. The summed E-state index contributed by atoms with van der Waals surface area (Å²) in [6, 6.07) is 0. The van der Waals surface area contributed by atoms with Crippen molar-refractivity contribution in [2.45, 2.75) is 77.4 Å². The van der Waals surface area contributed by atoms with Gasteiger partial charge in [0.1, 0.15) is 0 Å². The Morgan fingerprint density at radius 2 is 1.29 bits per heavy atom. The van der Waals surface area contributed by atoms with Crippen LogP contribution < -0.4 is 5.73 Å². The van der Waals surface area contributed by atoms with Gasteiger partial charge >= 0.3 is 0 Å². The van der Waals surface area contributed by atoms with E-state index in [0.29, 0.717) is 0 Å². The Kier molecular flexibility index (Phi) is 5.68. The van der Waals surface area contributed by atoms with Crippen molar-refractivity contribution in [1.29, 1.82) is 0 Å². The Morgan fingerprint density at radius 3 is 1.57 bits per heavy atom. The second-order valence-corrected chi connectivity index (χ2v) is 4.68. The van der Waals surface area contributed by atoms with Crippen molar-refractivity contribution in [3.05, 3.63) is 0 Å². The predicted molar refractivity (Wildman–Crippen MR) is 62.3 cm³/mol. The van der Waals surface area contributed by atoms with Gasteiger partial charge in [-0.1, -0.05) is 40.0 Å². The van der Waals surface area contributed by atoms with Crippen molar-refractivity contribution in [2.75, 3.05) is 0 Å². The van der Waals surface area contributed by atoms with Gasteiger partial charge in [-0.3, -0.25) is 0 Å². The quantitative estimate of drug-likeness (QED) is 0.665. The molecular weight excluding hydrogens is 174 g/mol. The molecule has 0 aliphatic heterocycles. The summed E-state index contributed by atoms with van der Waals surface area (Å²) in [6.45, 7) is 8.23. The third kappa shape index (κ3) is 3.25. The van der Waals surface area contributed by atoms with Gasteiger partial charge in [0.05, 0.1) is 5.60 Å². The van der Waals surface area contributed by atoms with E-state index in [1.165, 1.54) is 0 Å². The molecule has 0 radical (unpaired) electrons. The van der Waals surface area contributed by atoms with Crippen LogP contribution in [-0.4, -0.2) is 16.2 Å². The number of hydrogen-bond acceptors (Lipinski definition) is 2. The van der Waals surface area contributed by atoms with Crippen molar-refractivity contribution in [2.24, 2.45) is 5.73 Å². The second-order valence-electron chi connectivity index (χ2n) is 4.68. The first kappa shape index (κ1) is 13.9. The molecule has 0 spiro atoms. The second kappa shape index (κ2) is 5.72. The smallest absolute Gasteiger partial charge is 0.0798 e. The number of rotatable bonds is 7. The number of aliphatic hydroxyl groups is 1. The zero-order chi connectivity index (χ0) is 11.2. The van der Waals surface area contributed by atoms with Crippen molar-refractivity contribution >= 4 is 0 Å². The molecule has 0 saturated heterocycles. The third-order valence-corrected chi connectivity index (χ3v) is 3.20. The van der Waals surface area contributed by atoms with Gasteiger partial charge in [-0.25, -0.2) is 0 Å². The van der Waals surface area contributed by atoms with Crippen molar-refractivity contribution in [3.8, 4) is 0 Å². The minimum absolute atomic E-state index is 0.396. The highest BCUT2D eigenvalue weighted by molar-refractivity contribution is 5.00. The van der Waals surface area contributed by atoms with Crippen molar-refractivity contribution in [1.82, 2.24) is 0 Å². The van der Waals surface area contributed by atoms with Gasteiger partial charge < -0.3 is 10.8 Å². The number of nitrogens with two attached hydrogens (primary N) is 1. The van der Waals surface area contributed by atoms with Gasteiger partial charge in [0.2, 0.25) is 0 Å². The molecule has 1 atom stereocenters. The van der Waals surface area contributed by atoms with Crippen LogP contribution in [0.25, 0.3) is 0 Å². The standard InChI is InChI=1S/C12H27NO/c1-5-8-11(4,14)12(13,9-6-2)10-7-3/h14H,5-10,13H2,1-4H3. The molecule has 0 aliphatic rings. The van der Waals surface area contributed by atoms with Crippen LogP contribution >= 0.6 is 0 Å². The van der Waals surface area contributed by atoms with E-state index in [1.807, 2.05) is 6.92 Å². The molecule has 2 heteroatoms. The van der Waals surface area contributed by atoms with Gasteiger partial charge in [0.25, 0.3) is 0 Å². The molecule has 0 aromatic rings. The maximum atomic E-state index is 10.4. The highest BCUT2D eigenvalue weighted by Gasteiger charge is 2.41. The molecule has 3 N–H and O–H groups in total. The first-order valence-corrected chi connectivity index (χ1v) is 5.94. The van der Waals surface area contributed by atoms with Crippen molar-refractivity contribution < 1.29 is 5.11 Å². The summed E-state index contributed by atoms with van der Waals surface area (Å²) >= 11 is 0. The van der Waals surface area contributed by atoms with E-state index in [-0.39, 0.29) is 0 Å². The largest absolute Gasteiger partial charge is 0.388 e. The van der Waals surface area contributed by atoms with Gasteiger partial charge in [0, 0.05) is 5.54 Å². The molecule has 14 heavy (non-hydrogen) atoms. The van der Waals surface area contributed by atoms with E-state index in [4.69, 9.17) is 5.73 Å². The average molecular weight is 201 g/mol. The topological polar surface area (TPSA) is 46.2 Å². The molecule has 0 amide bonds. The first-order chi connectivity index (χ1) is 6.43. The molecule has 0 saturated carbocycles. The highest BCUT2D eigenvalue weighted by Crippen LogP contribution is 2.32. The molecule has 0 fully saturated rings. The van der Waals surface area contributed by atoms with Gasteiger partial charge in [-0.2, -0.15) is 0 Å². The normalized spacial score (nSPS) is 16.7. The summed E-state index contributed by atoms with van der Waals surface area (Å²) < 4.78 is 0. The molecule has 1 unspecified atom stereocenters. The molecule has 0 aromatic heterocycles. The fraction of sp³-hybridized carbons (Fsp3) is 1.00. The minimum Gasteiger partial charge on any atom is -0.388 e. The zero-order valence-electron chi connectivity index (χ0n) is 10.3. The Labute approximate surface area is 88.9 Å². The molecule has 2 nitrogen and oxygen atoms in total. The van der Waals surface area contributed by atoms with Crippen LogP contribution in [0.3, 0.4) is 0 Å². The summed E-state index contributed by atoms with van der Waals surface area (Å²) in [5.74, 6) is 0. The van der Waals surface area contributed by atoms with E-state index in [2.05, 4.69) is 20.8 Å². The Bertz CT molecular complexity index is 148. The van der Waals surface area contributed by atoms with E-state index >= 15 is 0 Å². The lowest BCUT2D eigenvalue weighted by atomic mass is 9.73. The fourth-order valence-electron chi connectivity index (χ4n) is 2.29. The summed E-state index contributed by atoms with van der Waals surface area (Å²) in [5, 5.41) is 10.4. The lowest BCUT2D eigenvalue weighted by Crippen LogP contribution is -2.58. The van der Waals surface area contributed by atoms with Gasteiger partial charge in [0.15, 0.2) is 0 Å². The van der Waals surface area contributed by atoms with Crippen LogP contribution in [0.1, 0.15) is 66.2 Å². The molecule has 0 aliphatic carbocycles. The van der Waals surface area contributed by atoms with Crippen molar-refractivity contribution in [3.63, 3.8) is 0 Å². The molecule has 0 aromatic carbocycles. The lowest BCUT2D eigenvalue weighted by Gasteiger charge is -2.43. The predicted octanol–water partition coefficient (Wildman–Crippen LogP) is 2.84. The number of hydrogen-bond donors (Lipinski definition) is 2. The highest BCUT2D eigenvalue weighted by atomic mass is 16.3. The van der Waals surface area contributed by atoms with Crippen LogP contribution in [0.2, 0.25) is 0 Å². The van der Waals surface area contributed by atoms with Crippen LogP contribution in [0, 0.1) is 0 Å². The first-order valence-electron chi connectivity index (χ1n) is 5.94. The Balaban J connectivity index is 4.59. The van der Waals surface area contributed by atoms with Crippen LogP contribution in [-0.2, 0) is 0 Å². The SMILES string of the molecule is CCCC(C)(O)C(N)(CCC)CCC. The summed E-state index contributed by atoms with van der Waals surface area (Å²) in [6.07, 6.45) is 5.68. The summed E-state index contributed by atoms with van der Waals surface area (Å²) in [4.78, 5) is 0. The van der Waals surface area contributed by atoms with Crippen LogP contribution in [0.15, 0.2) is 0 Å². The van der Waals surface area contributed by atoms with E-state index < -0.39 is 11.1 Å². The monoisotopic (exact) mass is 201 g/mol. The lowest BCUT2D eigenvalue weighted by molar-refractivity contribution is -0.0358. The molecule has 0 heterocycles. The Hall–Kier alpha value is -0.0800. The van der Waals surface area contributed by atoms with E-state index in [9.17, 15) is 5.11 Å². The zero-order valence-corrected chi connectivity index (χ0v) is 10.3. The Morgan fingerprint density at radius 1 is 0.929 bits per heavy atom. The molecule has 86 valence electrons. The average Bonchev–Trinajstić information content (AvgIpc) is 2.04. The van der Waals surface area contributed by atoms with Gasteiger partial charge in [-0.15, -0.1) is 0 Å². The van der Waals surface area contributed by atoms with E-state index in [1.54, 1.807) is 0 Å². The molecular formula is C12H27NO. The summed E-state index contributed by atoms with van der Waals surface area (Å²) in [7, 11) is 0. The van der Waals surface area contributed by atoms with E-state index in [0.717, 1.165) is 38.5 Å². The van der Waals surface area contributed by atoms with Crippen LogP contribution in [0.4, 0.5) is 0 Å². The summed E-state index contributed by atoms with van der Waals surface area (Å²) in [5.41, 5.74) is 5.22. The maximum absolute atomic E-state index is 10.4. The maximum Gasteiger partial charge on any atom is 0.0798 e. The van der Waals surface area contributed by atoms with Gasteiger partial charge in [-0.05, 0) is 26.2 Å². The van der Waals surface area contributed by atoms with Crippen LogP contribution in [0.5, 0.6) is 0 Å². The molecule has 0 rings (SSSR count). The fourth-order valence-corrected chi connectivity index (χ4v) is 2.29.